The van der Waals surface area contributed by atoms with Gasteiger partial charge >= 0.3 is 0 Å². The second-order valence-corrected chi connectivity index (χ2v) is 8.24. The number of nitrogens with zero attached hydrogens (tertiary/aromatic N) is 2. The highest BCUT2D eigenvalue weighted by atomic mass is 16.3. The fourth-order valence-corrected chi connectivity index (χ4v) is 3.82. The quantitative estimate of drug-likeness (QED) is 0.253. The molecule has 0 bridgehead atoms. The third kappa shape index (κ3) is 10.5. The van der Waals surface area contributed by atoms with Gasteiger partial charge in [-0.05, 0) is 12.8 Å². The molecule has 3 heteroatoms. The van der Waals surface area contributed by atoms with Gasteiger partial charge in [0.05, 0.1) is 20.2 Å². The van der Waals surface area contributed by atoms with Crippen LogP contribution in [-0.4, -0.2) is 48.7 Å². The van der Waals surface area contributed by atoms with E-state index in [-0.39, 0.29) is 6.61 Å². The van der Waals surface area contributed by atoms with Crippen LogP contribution in [0, 0.1) is 0 Å². The number of amidine groups is 1. The molecule has 0 aliphatic carbocycles. The van der Waals surface area contributed by atoms with Crippen LogP contribution in [0.3, 0.4) is 0 Å². The van der Waals surface area contributed by atoms with Gasteiger partial charge in [-0.2, -0.15) is 0 Å². The van der Waals surface area contributed by atoms with E-state index in [2.05, 4.69) is 31.1 Å². The number of aliphatic hydroxyl groups excluding tert-OH is 1. The van der Waals surface area contributed by atoms with Crippen LogP contribution in [-0.2, 0) is 0 Å². The lowest BCUT2D eigenvalue weighted by molar-refractivity contribution is -0.813. The molecule has 0 amide bonds. The third-order valence-corrected chi connectivity index (χ3v) is 5.76. The Bertz CT molecular complexity index is 392. The first-order valence-corrected chi connectivity index (χ1v) is 11.4. The maximum absolute atomic E-state index is 9.22. The van der Waals surface area contributed by atoms with Gasteiger partial charge in [-0.1, -0.05) is 90.0 Å². The van der Waals surface area contributed by atoms with Crippen molar-refractivity contribution >= 4 is 5.84 Å². The Hall–Kier alpha value is -0.670. The molecule has 0 aromatic heterocycles. The largest absolute Gasteiger partial charge is 0.390 e. The van der Waals surface area contributed by atoms with Crippen molar-refractivity contribution in [1.82, 2.24) is 0 Å². The van der Waals surface area contributed by atoms with Crippen molar-refractivity contribution in [2.45, 2.75) is 96.8 Å². The average molecular weight is 366 g/mol. The summed E-state index contributed by atoms with van der Waals surface area (Å²) >= 11 is 0. The van der Waals surface area contributed by atoms with Crippen LogP contribution in [0.4, 0.5) is 0 Å². The fraction of sp³-hybridized carbons (Fsp3) is 0.870. The molecule has 1 atom stereocenters. The van der Waals surface area contributed by atoms with E-state index in [9.17, 15) is 5.11 Å². The van der Waals surface area contributed by atoms with Crippen molar-refractivity contribution in [3.8, 4) is 0 Å². The van der Waals surface area contributed by atoms with Crippen LogP contribution in [0.1, 0.15) is 96.8 Å². The highest BCUT2D eigenvalue weighted by molar-refractivity contribution is 5.87. The van der Waals surface area contributed by atoms with Crippen molar-refractivity contribution in [1.29, 1.82) is 0 Å². The molecule has 1 unspecified atom stereocenters. The van der Waals surface area contributed by atoms with Crippen molar-refractivity contribution in [3.63, 3.8) is 0 Å². The number of rotatable bonds is 17. The van der Waals surface area contributed by atoms with Gasteiger partial charge in [-0.15, -0.1) is 0 Å². The van der Waals surface area contributed by atoms with Crippen molar-refractivity contribution in [3.05, 3.63) is 12.2 Å². The second-order valence-electron chi connectivity index (χ2n) is 8.24. The summed E-state index contributed by atoms with van der Waals surface area (Å²) in [5, 5.41) is 9.22. The molecule has 0 spiro atoms. The smallest absolute Gasteiger partial charge is 0.222 e. The zero-order valence-electron chi connectivity index (χ0n) is 17.7. The number of hydrogen-bond donors (Lipinski definition) is 1. The Morgan fingerprint density at radius 1 is 0.885 bits per heavy atom. The standard InChI is InChI=1S/C23H45N2O/c1-3-4-5-6-7-8-9-10-11-12-13-14-15-16-17-18-23-24-19-20-25(23,2)21-22-26/h17-18,26H,3-16,19-22H2,1-2H3/q+1. The SMILES string of the molecule is CCCCCCCCCCCCCCCC=CC1=NCC[N+]1(C)CCO. The van der Waals surface area contributed by atoms with Crippen LogP contribution in [0.5, 0.6) is 0 Å². The molecule has 1 heterocycles. The van der Waals surface area contributed by atoms with E-state index in [1.165, 1.54) is 83.5 Å². The van der Waals surface area contributed by atoms with Crippen LogP contribution < -0.4 is 0 Å². The summed E-state index contributed by atoms with van der Waals surface area (Å²) in [5.41, 5.74) is 0. The van der Waals surface area contributed by atoms with E-state index in [0.29, 0.717) is 0 Å². The molecular weight excluding hydrogens is 320 g/mol. The first kappa shape index (κ1) is 23.4. The van der Waals surface area contributed by atoms with E-state index in [1.54, 1.807) is 0 Å². The Morgan fingerprint density at radius 2 is 1.42 bits per heavy atom. The number of allylic oxidation sites excluding steroid dienone is 1. The molecule has 3 nitrogen and oxygen atoms in total. The van der Waals surface area contributed by atoms with E-state index < -0.39 is 0 Å². The van der Waals surface area contributed by atoms with Gasteiger partial charge < -0.3 is 5.11 Å². The van der Waals surface area contributed by atoms with Gasteiger partial charge in [0.15, 0.2) is 0 Å². The Morgan fingerprint density at radius 3 is 1.96 bits per heavy atom. The molecule has 0 fully saturated rings. The van der Waals surface area contributed by atoms with Crippen LogP contribution in [0.2, 0.25) is 0 Å². The Labute approximate surface area is 163 Å². The normalized spacial score (nSPS) is 20.2. The summed E-state index contributed by atoms with van der Waals surface area (Å²) in [4.78, 5) is 4.60. The number of quaternary nitrogens is 1. The summed E-state index contributed by atoms with van der Waals surface area (Å²) in [6.07, 6.45) is 24.0. The molecular formula is C23H45N2O+. The minimum absolute atomic E-state index is 0.238. The monoisotopic (exact) mass is 365 g/mol. The van der Waals surface area contributed by atoms with Crippen LogP contribution in [0.15, 0.2) is 17.1 Å². The lowest BCUT2D eigenvalue weighted by Crippen LogP contribution is -2.48. The summed E-state index contributed by atoms with van der Waals surface area (Å²) in [6.45, 7) is 5.23. The molecule has 0 saturated carbocycles. The molecule has 152 valence electrons. The summed E-state index contributed by atoms with van der Waals surface area (Å²) in [7, 11) is 2.18. The van der Waals surface area contributed by atoms with E-state index in [0.717, 1.165) is 36.4 Å². The minimum atomic E-state index is 0.238. The zero-order valence-corrected chi connectivity index (χ0v) is 17.7. The summed E-state index contributed by atoms with van der Waals surface area (Å²) < 4.78 is 0.797. The average Bonchev–Trinajstić information content (AvgIpc) is 2.99. The molecule has 26 heavy (non-hydrogen) atoms. The van der Waals surface area contributed by atoms with Gasteiger partial charge in [-0.3, -0.25) is 4.48 Å². The Kier molecular flexibility index (Phi) is 13.8. The lowest BCUT2D eigenvalue weighted by Gasteiger charge is -2.27. The molecule has 1 rings (SSSR count). The number of aliphatic imine (C=N–C) groups is 1. The van der Waals surface area contributed by atoms with Gasteiger partial charge in [0.25, 0.3) is 0 Å². The molecule has 0 aromatic rings. The first-order chi connectivity index (χ1) is 12.7. The number of unbranched alkanes of at least 4 members (excludes halogenated alkanes) is 13. The molecule has 1 aliphatic heterocycles. The van der Waals surface area contributed by atoms with E-state index in [4.69, 9.17) is 0 Å². The van der Waals surface area contributed by atoms with Gasteiger partial charge in [0.1, 0.15) is 13.1 Å². The van der Waals surface area contributed by atoms with Crippen LogP contribution in [0.25, 0.3) is 0 Å². The minimum Gasteiger partial charge on any atom is -0.390 e. The molecule has 0 aromatic carbocycles. The number of hydrogen-bond acceptors (Lipinski definition) is 2. The zero-order chi connectivity index (χ0) is 18.9. The van der Waals surface area contributed by atoms with Crippen molar-refractivity contribution in [2.24, 2.45) is 4.99 Å². The predicted octanol–water partition coefficient (Wildman–Crippen LogP) is 5.87. The molecule has 1 aliphatic rings. The third-order valence-electron chi connectivity index (χ3n) is 5.76. The highest BCUT2D eigenvalue weighted by Crippen LogP contribution is 2.15. The van der Waals surface area contributed by atoms with Crippen molar-refractivity contribution < 1.29 is 9.59 Å². The first-order valence-electron chi connectivity index (χ1n) is 11.4. The Balaban J connectivity index is 1.89. The number of likely N-dealkylation sites (N-methyl/N-ethyl adjacent to an activating group) is 1. The second kappa shape index (κ2) is 15.4. The van der Waals surface area contributed by atoms with Gasteiger partial charge in [0, 0.05) is 6.08 Å². The van der Waals surface area contributed by atoms with Gasteiger partial charge in [-0.25, -0.2) is 4.99 Å². The van der Waals surface area contributed by atoms with Crippen LogP contribution >= 0.6 is 0 Å². The molecule has 1 N–H and O–H groups in total. The predicted molar refractivity (Wildman–Crippen MR) is 115 cm³/mol. The van der Waals surface area contributed by atoms with E-state index >= 15 is 0 Å². The summed E-state index contributed by atoms with van der Waals surface area (Å²) in [5.74, 6) is 1.15. The topological polar surface area (TPSA) is 32.6 Å². The number of aliphatic hydroxyl groups is 1. The maximum atomic E-state index is 9.22. The fourth-order valence-electron chi connectivity index (χ4n) is 3.82. The lowest BCUT2D eigenvalue weighted by atomic mass is 10.0. The maximum Gasteiger partial charge on any atom is 0.222 e. The van der Waals surface area contributed by atoms with Crippen molar-refractivity contribution in [2.75, 3.05) is 33.3 Å². The van der Waals surface area contributed by atoms with Gasteiger partial charge in [0.2, 0.25) is 5.84 Å². The molecule has 0 saturated heterocycles. The highest BCUT2D eigenvalue weighted by Gasteiger charge is 2.30. The van der Waals surface area contributed by atoms with E-state index in [1.807, 2.05) is 0 Å². The molecule has 0 radical (unpaired) electrons. The summed E-state index contributed by atoms with van der Waals surface area (Å²) in [6, 6.07) is 0.